The number of carbonyl (C=O) groups excluding carboxylic acids is 2. The van der Waals surface area contributed by atoms with Crippen molar-refractivity contribution >= 4 is 45.9 Å². The first-order valence-electron chi connectivity index (χ1n) is 10.4. The summed E-state index contributed by atoms with van der Waals surface area (Å²) in [6, 6.07) is 12.0. The lowest BCUT2D eigenvalue weighted by atomic mass is 9.98. The molecule has 1 saturated heterocycles. The molecule has 0 saturated carbocycles. The maximum atomic E-state index is 12.5. The highest BCUT2D eigenvalue weighted by atomic mass is 35.5. The van der Waals surface area contributed by atoms with E-state index >= 15 is 0 Å². The third kappa shape index (κ3) is 5.46. The van der Waals surface area contributed by atoms with E-state index in [1.165, 1.54) is 11.8 Å². The predicted molar refractivity (Wildman–Crippen MR) is 121 cm³/mol. The van der Waals surface area contributed by atoms with E-state index in [1.807, 2.05) is 41.3 Å². The Hall–Kier alpha value is -1.72. The van der Waals surface area contributed by atoms with Gasteiger partial charge in [-0.05, 0) is 43.2 Å². The highest BCUT2D eigenvalue weighted by Crippen LogP contribution is 2.33. The molecule has 0 aromatic heterocycles. The minimum Gasteiger partial charge on any atom is -0.353 e. The minimum atomic E-state index is 0.0313. The summed E-state index contributed by atoms with van der Waals surface area (Å²) in [6.07, 6.45) is 3.42. The number of hydrogen-bond acceptors (Lipinski definition) is 3. The molecule has 0 spiro atoms. The number of fused-ring (bicyclic) bond motifs is 1. The molecule has 1 aliphatic rings. The number of carbonyl (C=O) groups is 2. The van der Waals surface area contributed by atoms with Crippen LogP contribution in [0, 0.1) is 5.92 Å². The minimum absolute atomic E-state index is 0.0313. The van der Waals surface area contributed by atoms with Gasteiger partial charge >= 0.3 is 0 Å². The smallest absolute Gasteiger partial charge is 0.230 e. The number of nitrogens with zero attached hydrogens (tertiary/aromatic N) is 1. The van der Waals surface area contributed by atoms with Crippen molar-refractivity contribution in [2.75, 3.05) is 18.8 Å². The molecule has 0 atom stereocenters. The van der Waals surface area contributed by atoms with E-state index in [0.29, 0.717) is 10.8 Å². The average Bonchev–Trinajstić information content (AvgIpc) is 2.73. The molecule has 4 nitrogen and oxygen atoms in total. The van der Waals surface area contributed by atoms with Crippen LogP contribution in [0.4, 0.5) is 0 Å². The van der Waals surface area contributed by atoms with Crippen molar-refractivity contribution in [2.45, 2.75) is 50.5 Å². The number of likely N-dealkylation sites (tertiary alicyclic amines) is 1. The molecule has 2 amide bonds. The van der Waals surface area contributed by atoms with E-state index in [-0.39, 0.29) is 23.8 Å². The van der Waals surface area contributed by atoms with Crippen LogP contribution >= 0.6 is 23.4 Å². The van der Waals surface area contributed by atoms with Crippen LogP contribution in [0.5, 0.6) is 0 Å². The fourth-order valence-corrected chi connectivity index (χ4v) is 5.19. The summed E-state index contributed by atoms with van der Waals surface area (Å²) in [6.45, 7) is 5.60. The van der Waals surface area contributed by atoms with Crippen LogP contribution < -0.4 is 5.32 Å². The first-order valence-corrected chi connectivity index (χ1v) is 11.8. The van der Waals surface area contributed by atoms with Gasteiger partial charge in [0.25, 0.3) is 0 Å². The molecule has 29 heavy (non-hydrogen) atoms. The van der Waals surface area contributed by atoms with E-state index in [0.717, 1.165) is 54.4 Å². The Labute approximate surface area is 182 Å². The summed E-state index contributed by atoms with van der Waals surface area (Å²) < 4.78 is 0. The van der Waals surface area contributed by atoms with Crippen LogP contribution in [-0.4, -0.2) is 41.6 Å². The van der Waals surface area contributed by atoms with E-state index in [1.54, 1.807) is 0 Å². The maximum Gasteiger partial charge on any atom is 0.230 e. The molecule has 156 valence electrons. The van der Waals surface area contributed by atoms with Gasteiger partial charge in [-0.1, -0.05) is 49.7 Å². The van der Waals surface area contributed by atoms with Crippen molar-refractivity contribution in [3.63, 3.8) is 0 Å². The first kappa shape index (κ1) is 22.0. The second-order valence-corrected chi connectivity index (χ2v) is 8.99. The van der Waals surface area contributed by atoms with Gasteiger partial charge in [0.1, 0.15) is 0 Å². The van der Waals surface area contributed by atoms with Crippen molar-refractivity contribution in [1.29, 1.82) is 0 Å². The number of rotatable bonds is 7. The van der Waals surface area contributed by atoms with Crippen molar-refractivity contribution in [1.82, 2.24) is 10.2 Å². The van der Waals surface area contributed by atoms with Crippen molar-refractivity contribution < 1.29 is 9.59 Å². The summed E-state index contributed by atoms with van der Waals surface area (Å²) in [7, 11) is 0. The van der Waals surface area contributed by atoms with Gasteiger partial charge < -0.3 is 10.2 Å². The highest BCUT2D eigenvalue weighted by Gasteiger charge is 2.27. The summed E-state index contributed by atoms with van der Waals surface area (Å²) in [5, 5.41) is 5.93. The zero-order chi connectivity index (χ0) is 20.8. The molecule has 0 radical (unpaired) electrons. The lowest BCUT2D eigenvalue weighted by Crippen LogP contribution is -2.48. The lowest BCUT2D eigenvalue weighted by Gasteiger charge is -2.34. The Morgan fingerprint density at radius 3 is 2.45 bits per heavy atom. The van der Waals surface area contributed by atoms with E-state index in [4.69, 9.17) is 11.6 Å². The second kappa shape index (κ2) is 10.4. The van der Waals surface area contributed by atoms with Gasteiger partial charge in [-0.15, -0.1) is 11.8 Å². The van der Waals surface area contributed by atoms with Gasteiger partial charge in [-0.3, -0.25) is 9.59 Å². The topological polar surface area (TPSA) is 49.4 Å². The fourth-order valence-electron chi connectivity index (χ4n) is 3.94. The largest absolute Gasteiger partial charge is 0.353 e. The SMILES string of the molecule is CCC(CC)C(=O)N1CCC(NC(=O)CSc2cccc3cccc(Cl)c23)CC1. The average molecular weight is 433 g/mol. The third-order valence-corrected chi connectivity index (χ3v) is 7.05. The molecule has 0 bridgehead atoms. The van der Waals surface area contributed by atoms with Crippen molar-refractivity contribution in [3.8, 4) is 0 Å². The Morgan fingerprint density at radius 2 is 1.79 bits per heavy atom. The molecule has 0 unspecified atom stereocenters. The number of halogens is 1. The van der Waals surface area contributed by atoms with Gasteiger partial charge in [-0.25, -0.2) is 0 Å². The molecule has 6 heteroatoms. The van der Waals surface area contributed by atoms with Crippen LogP contribution in [0.1, 0.15) is 39.5 Å². The zero-order valence-corrected chi connectivity index (χ0v) is 18.7. The number of nitrogens with one attached hydrogen (secondary N) is 1. The number of hydrogen-bond donors (Lipinski definition) is 1. The molecule has 1 aliphatic heterocycles. The van der Waals surface area contributed by atoms with Crippen molar-refractivity contribution in [3.05, 3.63) is 41.4 Å². The molecule has 2 aromatic carbocycles. The zero-order valence-electron chi connectivity index (χ0n) is 17.1. The van der Waals surface area contributed by atoms with Gasteiger partial charge in [0, 0.05) is 40.4 Å². The number of thioether (sulfide) groups is 1. The summed E-state index contributed by atoms with van der Waals surface area (Å²) in [4.78, 5) is 28.0. The Bertz CT molecular complexity index is 856. The molecule has 1 heterocycles. The summed E-state index contributed by atoms with van der Waals surface area (Å²) in [5.74, 6) is 0.786. The fraction of sp³-hybridized carbons (Fsp3) is 0.478. The van der Waals surface area contributed by atoms with E-state index in [9.17, 15) is 9.59 Å². The Morgan fingerprint density at radius 1 is 1.14 bits per heavy atom. The Balaban J connectivity index is 1.50. The van der Waals surface area contributed by atoms with Crippen LogP contribution in [0.25, 0.3) is 10.8 Å². The summed E-state index contributed by atoms with van der Waals surface area (Å²) in [5.41, 5.74) is 0. The number of piperidine rings is 1. The molecule has 1 N–H and O–H groups in total. The van der Waals surface area contributed by atoms with Gasteiger partial charge in [-0.2, -0.15) is 0 Å². The summed E-state index contributed by atoms with van der Waals surface area (Å²) >= 11 is 7.88. The van der Waals surface area contributed by atoms with E-state index in [2.05, 4.69) is 19.2 Å². The van der Waals surface area contributed by atoms with Gasteiger partial charge in [0.15, 0.2) is 0 Å². The molecule has 2 aromatic rings. The lowest BCUT2D eigenvalue weighted by molar-refractivity contribution is -0.136. The normalized spacial score (nSPS) is 15.1. The second-order valence-electron chi connectivity index (χ2n) is 7.56. The molecule has 1 fully saturated rings. The molecular weight excluding hydrogens is 404 g/mol. The number of benzene rings is 2. The van der Waals surface area contributed by atoms with Crippen LogP contribution in [0.15, 0.2) is 41.3 Å². The van der Waals surface area contributed by atoms with Crippen molar-refractivity contribution in [2.24, 2.45) is 5.92 Å². The highest BCUT2D eigenvalue weighted by molar-refractivity contribution is 8.00. The molecular formula is C23H29ClN2O2S. The van der Waals surface area contributed by atoms with E-state index < -0.39 is 0 Å². The first-order chi connectivity index (χ1) is 14.0. The maximum absolute atomic E-state index is 12.5. The standard InChI is InChI=1S/C23H29ClN2O2S/c1-3-16(4-2)23(28)26-13-11-18(12-14-26)25-21(27)15-29-20-10-6-8-17-7-5-9-19(24)22(17)20/h5-10,16,18H,3-4,11-15H2,1-2H3,(H,25,27). The van der Waals surface area contributed by atoms with Crippen LogP contribution in [0.2, 0.25) is 5.02 Å². The predicted octanol–water partition coefficient (Wildman–Crippen LogP) is 5.13. The van der Waals surface area contributed by atoms with Gasteiger partial charge in [0.2, 0.25) is 11.8 Å². The quantitative estimate of drug-likeness (QED) is 0.617. The van der Waals surface area contributed by atoms with Crippen LogP contribution in [-0.2, 0) is 9.59 Å². The number of amides is 2. The monoisotopic (exact) mass is 432 g/mol. The Kier molecular flexibility index (Phi) is 7.84. The van der Waals surface area contributed by atoms with Crippen LogP contribution in [0.3, 0.4) is 0 Å². The molecule has 0 aliphatic carbocycles. The molecule has 3 rings (SSSR count). The third-order valence-electron chi connectivity index (χ3n) is 5.68. The van der Waals surface area contributed by atoms with Gasteiger partial charge in [0.05, 0.1) is 5.75 Å².